The minimum absolute atomic E-state index is 0.0592. The Bertz CT molecular complexity index is 1020. The van der Waals surface area contributed by atoms with E-state index in [9.17, 15) is 27.6 Å². The van der Waals surface area contributed by atoms with Gasteiger partial charge >= 0.3 is 12.2 Å². The van der Waals surface area contributed by atoms with Crippen LogP contribution in [0.3, 0.4) is 0 Å². The SMILES string of the molecule is O=C1NC(=O)[C@](CNC(=O)c2ccncc2-c2ccc(C(F)(F)F)cc2)(C2CC2)N1. The minimum Gasteiger partial charge on any atom is -0.349 e. The Morgan fingerprint density at radius 2 is 1.87 bits per heavy atom. The van der Waals surface area contributed by atoms with E-state index >= 15 is 0 Å². The molecule has 2 fully saturated rings. The molecule has 4 rings (SSSR count). The van der Waals surface area contributed by atoms with E-state index < -0.39 is 35.1 Å². The van der Waals surface area contributed by atoms with Crippen LogP contribution in [-0.2, 0) is 11.0 Å². The zero-order valence-electron chi connectivity index (χ0n) is 15.5. The molecule has 0 unspecified atom stereocenters. The van der Waals surface area contributed by atoms with Crippen molar-refractivity contribution in [3.05, 3.63) is 53.9 Å². The van der Waals surface area contributed by atoms with Crippen LogP contribution >= 0.6 is 0 Å². The fourth-order valence-corrected chi connectivity index (χ4v) is 3.61. The first-order valence-corrected chi connectivity index (χ1v) is 9.24. The Morgan fingerprint density at radius 3 is 2.43 bits per heavy atom. The molecule has 10 heteroatoms. The van der Waals surface area contributed by atoms with Gasteiger partial charge in [-0.3, -0.25) is 19.9 Å². The van der Waals surface area contributed by atoms with Gasteiger partial charge in [0.15, 0.2) is 0 Å². The van der Waals surface area contributed by atoms with E-state index in [-0.39, 0.29) is 18.0 Å². The number of nitrogens with one attached hydrogen (secondary N) is 3. The van der Waals surface area contributed by atoms with E-state index in [1.54, 1.807) is 0 Å². The largest absolute Gasteiger partial charge is 0.416 e. The van der Waals surface area contributed by atoms with E-state index in [4.69, 9.17) is 0 Å². The molecule has 1 aliphatic heterocycles. The van der Waals surface area contributed by atoms with E-state index in [1.165, 1.54) is 30.6 Å². The smallest absolute Gasteiger partial charge is 0.349 e. The highest BCUT2D eigenvalue weighted by atomic mass is 19.4. The molecule has 1 aromatic heterocycles. The molecule has 2 aliphatic rings. The Labute approximate surface area is 169 Å². The summed E-state index contributed by atoms with van der Waals surface area (Å²) in [4.78, 5) is 40.7. The van der Waals surface area contributed by atoms with Gasteiger partial charge in [-0.2, -0.15) is 13.2 Å². The monoisotopic (exact) mass is 418 g/mol. The lowest BCUT2D eigenvalue weighted by molar-refractivity contribution is -0.137. The maximum Gasteiger partial charge on any atom is 0.416 e. The number of nitrogens with zero attached hydrogens (tertiary/aromatic N) is 1. The first-order valence-electron chi connectivity index (χ1n) is 9.24. The number of pyridine rings is 1. The molecule has 3 N–H and O–H groups in total. The van der Waals surface area contributed by atoms with Crippen molar-refractivity contribution in [2.75, 3.05) is 6.54 Å². The highest BCUT2D eigenvalue weighted by Crippen LogP contribution is 2.41. The fourth-order valence-electron chi connectivity index (χ4n) is 3.61. The van der Waals surface area contributed by atoms with Crippen LogP contribution in [0, 0.1) is 5.92 Å². The fraction of sp³-hybridized carbons (Fsp3) is 0.300. The van der Waals surface area contributed by atoms with Gasteiger partial charge in [-0.15, -0.1) is 0 Å². The zero-order chi connectivity index (χ0) is 21.5. The molecule has 0 spiro atoms. The van der Waals surface area contributed by atoms with Gasteiger partial charge in [-0.05, 0) is 42.5 Å². The van der Waals surface area contributed by atoms with Crippen molar-refractivity contribution in [1.29, 1.82) is 0 Å². The molecule has 7 nitrogen and oxygen atoms in total. The molecule has 2 heterocycles. The molecule has 1 saturated carbocycles. The number of aromatic nitrogens is 1. The Balaban J connectivity index is 1.56. The van der Waals surface area contributed by atoms with Gasteiger partial charge in [-0.1, -0.05) is 12.1 Å². The molecule has 0 radical (unpaired) electrons. The van der Waals surface area contributed by atoms with Crippen LogP contribution < -0.4 is 16.0 Å². The molecular formula is C20H17F3N4O3. The second-order valence-electron chi connectivity index (χ2n) is 7.33. The number of amides is 4. The molecule has 1 aliphatic carbocycles. The molecule has 4 amide bonds. The van der Waals surface area contributed by atoms with E-state index in [2.05, 4.69) is 20.9 Å². The summed E-state index contributed by atoms with van der Waals surface area (Å²) in [6.45, 7) is -0.0944. The van der Waals surface area contributed by atoms with Gasteiger partial charge < -0.3 is 10.6 Å². The van der Waals surface area contributed by atoms with Crippen molar-refractivity contribution in [2.24, 2.45) is 5.92 Å². The zero-order valence-corrected chi connectivity index (χ0v) is 15.5. The first-order chi connectivity index (χ1) is 14.2. The summed E-state index contributed by atoms with van der Waals surface area (Å²) in [6.07, 6.45) is -0.163. The average Bonchev–Trinajstić information content (AvgIpc) is 3.52. The van der Waals surface area contributed by atoms with E-state index in [0.29, 0.717) is 11.1 Å². The van der Waals surface area contributed by atoms with Crippen LogP contribution in [0.25, 0.3) is 11.1 Å². The Hall–Kier alpha value is -3.43. The van der Waals surface area contributed by atoms with E-state index in [0.717, 1.165) is 25.0 Å². The van der Waals surface area contributed by atoms with Crippen molar-refractivity contribution in [3.63, 3.8) is 0 Å². The van der Waals surface area contributed by atoms with Crippen molar-refractivity contribution in [1.82, 2.24) is 20.9 Å². The number of benzene rings is 1. The second-order valence-corrected chi connectivity index (χ2v) is 7.33. The highest BCUT2D eigenvalue weighted by Gasteiger charge is 2.56. The number of rotatable bonds is 5. The van der Waals surface area contributed by atoms with Crippen LogP contribution in [0.5, 0.6) is 0 Å². The van der Waals surface area contributed by atoms with Gasteiger partial charge in [-0.25, -0.2) is 4.79 Å². The van der Waals surface area contributed by atoms with Crippen molar-refractivity contribution in [3.8, 4) is 11.1 Å². The standard InChI is InChI=1S/C20H17F3N4O3/c21-20(22,23)13-3-1-11(2-4-13)15-9-24-8-7-14(15)16(28)25-10-19(12-5-6-12)17(29)26-18(30)27-19/h1-4,7-9,12H,5-6,10H2,(H,25,28)(H2,26,27,29,30)/t19-/m0/s1. The summed E-state index contributed by atoms with van der Waals surface area (Å²) in [5.41, 5.74) is -1.04. The second kappa shape index (κ2) is 7.12. The Kier molecular flexibility index (Phi) is 4.71. The van der Waals surface area contributed by atoms with Crippen LogP contribution in [0.1, 0.15) is 28.8 Å². The average molecular weight is 418 g/mol. The number of urea groups is 1. The molecule has 30 heavy (non-hydrogen) atoms. The summed E-state index contributed by atoms with van der Waals surface area (Å²) in [5.74, 6) is -1.06. The maximum atomic E-state index is 12.8. The number of hydrogen-bond acceptors (Lipinski definition) is 4. The number of carbonyl (C=O) groups is 3. The highest BCUT2D eigenvalue weighted by molar-refractivity contribution is 6.08. The lowest BCUT2D eigenvalue weighted by Gasteiger charge is -2.26. The summed E-state index contributed by atoms with van der Waals surface area (Å²) in [5, 5.41) is 7.50. The number of hydrogen-bond donors (Lipinski definition) is 3. The van der Waals surface area contributed by atoms with Gasteiger partial charge in [0.1, 0.15) is 5.54 Å². The summed E-state index contributed by atoms with van der Waals surface area (Å²) in [7, 11) is 0. The van der Waals surface area contributed by atoms with E-state index in [1.807, 2.05) is 0 Å². The van der Waals surface area contributed by atoms with Gasteiger partial charge in [0, 0.05) is 18.0 Å². The third-order valence-corrected chi connectivity index (χ3v) is 5.36. The molecule has 156 valence electrons. The number of halogens is 3. The molecule has 1 saturated heterocycles. The predicted octanol–water partition coefficient (Wildman–Crippen LogP) is 2.49. The summed E-state index contributed by atoms with van der Waals surface area (Å²) < 4.78 is 38.4. The third-order valence-electron chi connectivity index (χ3n) is 5.36. The normalized spacial score (nSPS) is 21.2. The third kappa shape index (κ3) is 3.60. The van der Waals surface area contributed by atoms with Crippen molar-refractivity contribution >= 4 is 17.8 Å². The molecule has 1 atom stereocenters. The number of imide groups is 1. The van der Waals surface area contributed by atoms with Crippen molar-refractivity contribution in [2.45, 2.75) is 24.6 Å². The number of alkyl halides is 3. The summed E-state index contributed by atoms with van der Waals surface area (Å²) >= 11 is 0. The molecule has 0 bridgehead atoms. The predicted molar refractivity (Wildman–Crippen MR) is 99.1 cm³/mol. The van der Waals surface area contributed by atoms with Gasteiger partial charge in [0.05, 0.1) is 17.7 Å². The summed E-state index contributed by atoms with van der Waals surface area (Å²) in [6, 6.07) is 5.25. The minimum atomic E-state index is -4.46. The Morgan fingerprint density at radius 1 is 1.17 bits per heavy atom. The number of carbonyl (C=O) groups excluding carboxylic acids is 3. The molecule has 1 aromatic carbocycles. The molecule has 2 aromatic rings. The topological polar surface area (TPSA) is 100 Å². The van der Waals surface area contributed by atoms with Crippen LogP contribution in [0.15, 0.2) is 42.7 Å². The lowest BCUT2D eigenvalue weighted by atomic mass is 9.93. The van der Waals surface area contributed by atoms with Crippen LogP contribution in [-0.4, -0.2) is 34.9 Å². The van der Waals surface area contributed by atoms with Crippen LogP contribution in [0.2, 0.25) is 0 Å². The van der Waals surface area contributed by atoms with Gasteiger partial charge in [0.2, 0.25) is 0 Å². The van der Waals surface area contributed by atoms with Crippen LogP contribution in [0.4, 0.5) is 18.0 Å². The van der Waals surface area contributed by atoms with Gasteiger partial charge in [0.25, 0.3) is 11.8 Å². The van der Waals surface area contributed by atoms with Crippen molar-refractivity contribution < 1.29 is 27.6 Å². The maximum absolute atomic E-state index is 12.8. The lowest BCUT2D eigenvalue weighted by Crippen LogP contribution is -2.57. The quantitative estimate of drug-likeness (QED) is 0.650. The first kappa shape index (κ1) is 19.9. The molecular weight excluding hydrogens is 401 g/mol.